The summed E-state index contributed by atoms with van der Waals surface area (Å²) in [5, 5.41) is 11.0. The van der Waals surface area contributed by atoms with Crippen LogP contribution in [0.2, 0.25) is 0 Å². The third-order valence-electron chi connectivity index (χ3n) is 2.21. The molecule has 0 aromatic heterocycles. The van der Waals surface area contributed by atoms with Crippen LogP contribution >= 0.6 is 0 Å². The van der Waals surface area contributed by atoms with E-state index in [1.807, 2.05) is 0 Å². The molecule has 0 saturated heterocycles. The van der Waals surface area contributed by atoms with Crippen LogP contribution in [0, 0.1) is 16.0 Å². The topological polar surface area (TPSA) is 52.4 Å². The van der Waals surface area contributed by atoms with Crippen molar-refractivity contribution < 1.29 is 9.66 Å². The van der Waals surface area contributed by atoms with Crippen molar-refractivity contribution >= 4 is 5.69 Å². The second kappa shape index (κ2) is 5.30. The highest BCUT2D eigenvalue weighted by molar-refractivity contribution is 5.59. The van der Waals surface area contributed by atoms with Crippen molar-refractivity contribution in [3.63, 3.8) is 0 Å². The van der Waals surface area contributed by atoms with Gasteiger partial charge in [-0.25, -0.2) is 0 Å². The molecule has 1 radical (unpaired) electrons. The molecule has 0 aliphatic carbocycles. The van der Waals surface area contributed by atoms with Gasteiger partial charge in [-0.1, -0.05) is 25.1 Å². The average molecular weight is 220 g/mol. The first-order valence-corrected chi connectivity index (χ1v) is 4.98. The largest absolute Gasteiger partial charge is 0.487 e. The van der Waals surface area contributed by atoms with E-state index >= 15 is 0 Å². The summed E-state index contributed by atoms with van der Waals surface area (Å²) in [6, 6.07) is 5.03. The Bertz CT molecular complexity index is 401. The van der Waals surface area contributed by atoms with E-state index in [1.54, 1.807) is 38.1 Å². The summed E-state index contributed by atoms with van der Waals surface area (Å²) in [7, 11) is 0. The molecule has 0 heterocycles. The number of rotatable bonds is 5. The third kappa shape index (κ3) is 2.39. The zero-order chi connectivity index (χ0) is 12.1. The lowest BCUT2D eigenvalue weighted by Gasteiger charge is -2.10. The SMILES string of the molecule is C=C[C](C)c1cccc(OCC)c1[N+](=O)[O-]. The van der Waals surface area contributed by atoms with Crippen molar-refractivity contribution in [3.05, 3.63) is 52.4 Å². The van der Waals surface area contributed by atoms with Crippen molar-refractivity contribution in [3.8, 4) is 5.75 Å². The summed E-state index contributed by atoms with van der Waals surface area (Å²) in [4.78, 5) is 10.6. The lowest BCUT2D eigenvalue weighted by Crippen LogP contribution is -2.02. The van der Waals surface area contributed by atoms with Crippen molar-refractivity contribution in [2.24, 2.45) is 0 Å². The van der Waals surface area contributed by atoms with Gasteiger partial charge in [0.05, 0.1) is 11.5 Å². The van der Waals surface area contributed by atoms with E-state index in [0.29, 0.717) is 17.9 Å². The number of para-hydroxylation sites is 1. The van der Waals surface area contributed by atoms with Crippen LogP contribution in [0.5, 0.6) is 5.75 Å². The summed E-state index contributed by atoms with van der Waals surface area (Å²) in [5.74, 6) is 1.06. The minimum atomic E-state index is -0.423. The van der Waals surface area contributed by atoms with Crippen molar-refractivity contribution in [1.29, 1.82) is 0 Å². The number of allylic oxidation sites excluding steroid dienone is 1. The first-order valence-electron chi connectivity index (χ1n) is 4.98. The van der Waals surface area contributed by atoms with Crippen LogP contribution in [0.15, 0.2) is 30.9 Å². The number of nitrogens with zero attached hydrogens (tertiary/aromatic N) is 1. The molecular weight excluding hydrogens is 206 g/mol. The molecule has 85 valence electrons. The lowest BCUT2D eigenvalue weighted by atomic mass is 9.99. The highest BCUT2D eigenvalue weighted by Gasteiger charge is 2.23. The number of nitro benzene ring substituents is 1. The fourth-order valence-electron chi connectivity index (χ4n) is 1.41. The molecule has 1 aromatic carbocycles. The van der Waals surface area contributed by atoms with Crippen LogP contribution in [0.4, 0.5) is 5.69 Å². The van der Waals surface area contributed by atoms with E-state index < -0.39 is 4.92 Å². The van der Waals surface area contributed by atoms with Gasteiger partial charge in [-0.2, -0.15) is 0 Å². The summed E-state index contributed by atoms with van der Waals surface area (Å²) in [6.45, 7) is 7.59. The lowest BCUT2D eigenvalue weighted by molar-refractivity contribution is -0.386. The minimum absolute atomic E-state index is 0.00162. The van der Waals surface area contributed by atoms with Crippen LogP contribution in [0.1, 0.15) is 19.4 Å². The number of benzene rings is 1. The molecule has 4 nitrogen and oxygen atoms in total. The van der Waals surface area contributed by atoms with Crippen LogP contribution in [0.25, 0.3) is 0 Å². The van der Waals surface area contributed by atoms with Gasteiger partial charge in [0.15, 0.2) is 5.75 Å². The van der Waals surface area contributed by atoms with Gasteiger partial charge >= 0.3 is 5.69 Å². The molecule has 0 amide bonds. The van der Waals surface area contributed by atoms with E-state index in [1.165, 1.54) is 0 Å². The smallest absolute Gasteiger partial charge is 0.314 e. The Morgan fingerprint density at radius 1 is 1.62 bits per heavy atom. The summed E-state index contributed by atoms with van der Waals surface area (Å²) in [6.07, 6.45) is 1.60. The van der Waals surface area contributed by atoms with Crippen LogP contribution < -0.4 is 4.74 Å². The van der Waals surface area contributed by atoms with Gasteiger partial charge in [0, 0.05) is 11.5 Å². The molecular formula is C12H14NO3. The molecule has 0 unspecified atom stereocenters. The fraction of sp³-hybridized carbons (Fsp3) is 0.250. The molecule has 0 saturated carbocycles. The summed E-state index contributed by atoms with van der Waals surface area (Å²) in [5.41, 5.74) is 0.549. The maximum atomic E-state index is 11.0. The monoisotopic (exact) mass is 220 g/mol. The van der Waals surface area contributed by atoms with Gasteiger partial charge in [0.1, 0.15) is 0 Å². The fourth-order valence-corrected chi connectivity index (χ4v) is 1.41. The van der Waals surface area contributed by atoms with Gasteiger partial charge in [0.25, 0.3) is 0 Å². The maximum Gasteiger partial charge on any atom is 0.314 e. The number of ether oxygens (including phenoxy) is 1. The van der Waals surface area contributed by atoms with Gasteiger partial charge in [-0.05, 0) is 13.0 Å². The van der Waals surface area contributed by atoms with E-state index in [4.69, 9.17) is 4.74 Å². The number of nitro groups is 1. The van der Waals surface area contributed by atoms with Gasteiger partial charge in [-0.3, -0.25) is 10.1 Å². The Kier molecular flexibility index (Phi) is 4.05. The first kappa shape index (κ1) is 12.2. The zero-order valence-electron chi connectivity index (χ0n) is 9.40. The van der Waals surface area contributed by atoms with Gasteiger partial charge in [0.2, 0.25) is 0 Å². The van der Waals surface area contributed by atoms with Crippen molar-refractivity contribution in [2.75, 3.05) is 6.61 Å². The molecule has 0 aliphatic heterocycles. The second-order valence-corrected chi connectivity index (χ2v) is 3.23. The Hall–Kier alpha value is -1.84. The van der Waals surface area contributed by atoms with Crippen LogP contribution in [-0.4, -0.2) is 11.5 Å². The van der Waals surface area contributed by atoms with E-state index in [2.05, 4.69) is 6.58 Å². The highest BCUT2D eigenvalue weighted by atomic mass is 16.6. The number of hydrogen-bond donors (Lipinski definition) is 0. The summed E-state index contributed by atoms with van der Waals surface area (Å²) < 4.78 is 5.24. The van der Waals surface area contributed by atoms with Crippen LogP contribution in [0.3, 0.4) is 0 Å². The number of hydrogen-bond acceptors (Lipinski definition) is 3. The Labute approximate surface area is 94.7 Å². The zero-order valence-corrected chi connectivity index (χ0v) is 9.40. The second-order valence-electron chi connectivity index (χ2n) is 3.23. The van der Waals surface area contributed by atoms with Gasteiger partial charge in [-0.15, -0.1) is 6.58 Å². The molecule has 0 spiro atoms. The molecule has 0 N–H and O–H groups in total. The molecule has 0 bridgehead atoms. The van der Waals surface area contributed by atoms with E-state index in [9.17, 15) is 10.1 Å². The maximum absolute atomic E-state index is 11.0. The molecule has 1 aromatic rings. The first-order chi connectivity index (χ1) is 7.61. The third-order valence-corrected chi connectivity index (χ3v) is 2.21. The predicted molar refractivity (Wildman–Crippen MR) is 62.5 cm³/mol. The van der Waals surface area contributed by atoms with Gasteiger partial charge < -0.3 is 4.74 Å². The molecule has 0 aliphatic rings. The highest BCUT2D eigenvalue weighted by Crippen LogP contribution is 2.35. The Morgan fingerprint density at radius 2 is 2.31 bits per heavy atom. The van der Waals surface area contributed by atoms with Crippen molar-refractivity contribution in [1.82, 2.24) is 0 Å². The molecule has 0 atom stereocenters. The standard InChI is InChI=1S/C12H14NO3/c1-4-9(3)10-7-6-8-11(16-5-2)12(10)13(14)15/h4,6-8H,1,5H2,2-3H3. The summed E-state index contributed by atoms with van der Waals surface area (Å²) >= 11 is 0. The predicted octanol–water partition coefficient (Wildman–Crippen LogP) is 3.12. The molecule has 0 fully saturated rings. The van der Waals surface area contributed by atoms with E-state index in [-0.39, 0.29) is 5.69 Å². The molecule has 16 heavy (non-hydrogen) atoms. The van der Waals surface area contributed by atoms with Crippen LogP contribution in [-0.2, 0) is 0 Å². The van der Waals surface area contributed by atoms with Crippen molar-refractivity contribution in [2.45, 2.75) is 13.8 Å². The Morgan fingerprint density at radius 3 is 2.81 bits per heavy atom. The minimum Gasteiger partial charge on any atom is -0.487 e. The average Bonchev–Trinajstić information content (AvgIpc) is 2.27. The molecule has 1 rings (SSSR count). The molecule has 4 heteroatoms. The quantitative estimate of drug-likeness (QED) is 0.565. The Balaban J connectivity index is 3.31. The normalized spacial score (nSPS) is 10.2. The van der Waals surface area contributed by atoms with E-state index in [0.717, 1.165) is 5.92 Å².